The molecule has 15 atom stereocenters. The van der Waals surface area contributed by atoms with Crippen molar-refractivity contribution < 1.29 is 44.5 Å². The van der Waals surface area contributed by atoms with Crippen molar-refractivity contribution in [3.8, 4) is 11.8 Å². The average Bonchev–Trinajstić information content (AvgIpc) is 3.49. The van der Waals surface area contributed by atoms with Crippen LogP contribution in [0.15, 0.2) is 11.6 Å². The molecule has 0 aromatic carbocycles. The Balaban J connectivity index is 1.39. The first-order valence-corrected chi connectivity index (χ1v) is 17.2. The first-order valence-electron chi connectivity index (χ1n) is 17.2. The quantitative estimate of drug-likeness (QED) is 0.221. The number of allylic oxidation sites excluding steroid dienone is 1. The number of carbonyl (C=O) groups is 1. The molecule has 252 valence electrons. The van der Waals surface area contributed by atoms with Gasteiger partial charge < -0.3 is 39.7 Å². The molecule has 5 N–H and O–H groups in total. The highest BCUT2D eigenvalue weighted by Crippen LogP contribution is 2.71. The molecule has 4 aliphatic carbocycles. The maximum absolute atomic E-state index is 14.0. The highest BCUT2D eigenvalue weighted by Gasteiger charge is 2.72. The lowest BCUT2D eigenvalue weighted by atomic mass is 9.43. The minimum atomic E-state index is -1.68. The third-order valence-electron chi connectivity index (χ3n) is 13.9. The van der Waals surface area contributed by atoms with Crippen LogP contribution in [0.25, 0.3) is 0 Å². The molecule has 4 fully saturated rings. The maximum Gasteiger partial charge on any atom is 0.159 e. The van der Waals surface area contributed by atoms with Crippen LogP contribution >= 0.6 is 0 Å². The van der Waals surface area contributed by atoms with Gasteiger partial charge in [0.05, 0.1) is 29.5 Å². The molecule has 3 saturated carbocycles. The Morgan fingerprint density at radius 3 is 2.51 bits per heavy atom. The van der Waals surface area contributed by atoms with Crippen molar-refractivity contribution in [3.05, 3.63) is 11.6 Å². The number of ether oxygens (including phenoxy) is 3. The molecular weight excluding hydrogens is 576 g/mol. The van der Waals surface area contributed by atoms with Gasteiger partial charge in [-0.25, -0.2) is 0 Å². The monoisotopic (exact) mass is 630 g/mol. The van der Waals surface area contributed by atoms with E-state index in [-0.39, 0.29) is 47.6 Å². The molecule has 0 aromatic heterocycles. The molecule has 2 bridgehead atoms. The number of carbonyl (C=O) groups excluding carboxylic acids is 1. The highest BCUT2D eigenvalue weighted by molar-refractivity contribution is 5.95. The first-order chi connectivity index (χ1) is 21.3. The van der Waals surface area contributed by atoms with Crippen LogP contribution in [0.4, 0.5) is 0 Å². The third-order valence-corrected chi connectivity index (χ3v) is 13.9. The van der Waals surface area contributed by atoms with Crippen LogP contribution < -0.4 is 0 Å². The van der Waals surface area contributed by atoms with Crippen molar-refractivity contribution in [2.75, 3.05) is 26.9 Å². The zero-order chi connectivity index (χ0) is 32.5. The van der Waals surface area contributed by atoms with E-state index >= 15 is 0 Å². The largest absolute Gasteiger partial charge is 0.396 e. The number of ketones is 1. The second-order valence-electron chi connectivity index (χ2n) is 15.8. The lowest BCUT2D eigenvalue weighted by Crippen LogP contribution is -2.66. The van der Waals surface area contributed by atoms with Crippen molar-refractivity contribution in [2.24, 2.45) is 46.3 Å². The number of aliphatic hydroxyl groups is 5. The second-order valence-corrected chi connectivity index (χ2v) is 15.8. The molecule has 0 amide bonds. The molecule has 2 aliphatic heterocycles. The van der Waals surface area contributed by atoms with Crippen LogP contribution in [0, 0.1) is 58.2 Å². The Labute approximate surface area is 267 Å². The first kappa shape index (κ1) is 33.5. The normalized spacial score (nSPS) is 52.4. The van der Waals surface area contributed by atoms with Gasteiger partial charge in [-0.2, -0.15) is 0 Å². The van der Waals surface area contributed by atoms with Crippen LogP contribution in [0.5, 0.6) is 0 Å². The summed E-state index contributed by atoms with van der Waals surface area (Å²) in [5, 5.41) is 58.5. The van der Waals surface area contributed by atoms with Crippen molar-refractivity contribution in [2.45, 2.75) is 121 Å². The van der Waals surface area contributed by atoms with Gasteiger partial charge in [-0.1, -0.05) is 26.7 Å². The third kappa shape index (κ3) is 4.92. The fourth-order valence-corrected chi connectivity index (χ4v) is 11.1. The van der Waals surface area contributed by atoms with E-state index in [0.717, 1.165) is 24.8 Å². The molecule has 2 heterocycles. The van der Waals surface area contributed by atoms with Gasteiger partial charge in [0, 0.05) is 50.6 Å². The lowest BCUT2D eigenvalue weighted by Gasteiger charge is -2.63. The summed E-state index contributed by atoms with van der Waals surface area (Å²) in [4.78, 5) is 14.0. The van der Waals surface area contributed by atoms with Gasteiger partial charge in [0.2, 0.25) is 0 Å². The van der Waals surface area contributed by atoms with E-state index in [1.54, 1.807) is 20.1 Å². The second kappa shape index (κ2) is 12.0. The summed E-state index contributed by atoms with van der Waals surface area (Å²) in [6.45, 7) is 8.69. The average molecular weight is 631 g/mol. The molecule has 0 radical (unpaired) electrons. The van der Waals surface area contributed by atoms with Gasteiger partial charge in [-0.05, 0) is 92.6 Å². The number of hydrogen-bond donors (Lipinski definition) is 5. The smallest absolute Gasteiger partial charge is 0.159 e. The SMILES string of the molecule is COCCCO[C@H]1CC[C@@]2(C)[C@@H](C1)C(=O)C=C1[C@@H]2C[C@H]2CC#C[C@H](O)[C@H]3O[C@@H]([C@H](CO)[C@H]3C)[C@@H](O)[C@@](C)(O)[C@H]3CC[C@]1(O)[C@]23C. The fourth-order valence-electron chi connectivity index (χ4n) is 11.1. The summed E-state index contributed by atoms with van der Waals surface area (Å²) >= 11 is 0. The topological polar surface area (TPSA) is 146 Å². The molecule has 6 aliphatic rings. The van der Waals surface area contributed by atoms with Crippen LogP contribution in [0.1, 0.15) is 79.1 Å². The molecule has 45 heavy (non-hydrogen) atoms. The van der Waals surface area contributed by atoms with E-state index in [1.807, 2.05) is 13.8 Å². The summed E-state index contributed by atoms with van der Waals surface area (Å²) in [5.41, 5.74) is -3.55. The summed E-state index contributed by atoms with van der Waals surface area (Å²) in [6, 6.07) is 0. The minimum Gasteiger partial charge on any atom is -0.396 e. The van der Waals surface area contributed by atoms with Crippen molar-refractivity contribution in [1.82, 2.24) is 0 Å². The molecule has 0 unspecified atom stereocenters. The zero-order valence-electron chi connectivity index (χ0n) is 27.6. The summed E-state index contributed by atoms with van der Waals surface area (Å²) in [5.74, 6) is 4.59. The van der Waals surface area contributed by atoms with Gasteiger partial charge in [0.25, 0.3) is 0 Å². The number of fused-ring (bicyclic) bond motifs is 6. The Bertz CT molecular complexity index is 1240. The Morgan fingerprint density at radius 1 is 1.04 bits per heavy atom. The number of aliphatic hydroxyl groups excluding tert-OH is 3. The molecule has 6 rings (SSSR count). The molecule has 9 heteroatoms. The Hall–Kier alpha value is -1.35. The van der Waals surface area contributed by atoms with Gasteiger partial charge in [-0.3, -0.25) is 4.79 Å². The van der Waals surface area contributed by atoms with Crippen LogP contribution in [-0.2, 0) is 19.0 Å². The predicted octanol–water partition coefficient (Wildman–Crippen LogP) is 2.40. The molecule has 0 spiro atoms. The maximum atomic E-state index is 14.0. The van der Waals surface area contributed by atoms with E-state index in [0.29, 0.717) is 45.3 Å². The van der Waals surface area contributed by atoms with Gasteiger partial charge >= 0.3 is 0 Å². The van der Waals surface area contributed by atoms with E-state index in [1.165, 1.54) is 0 Å². The highest BCUT2D eigenvalue weighted by atomic mass is 16.5. The van der Waals surface area contributed by atoms with Gasteiger partial charge in [0.15, 0.2) is 5.78 Å². The summed E-state index contributed by atoms with van der Waals surface area (Å²) in [6.07, 6.45) is 2.67. The molecule has 9 nitrogen and oxygen atoms in total. The van der Waals surface area contributed by atoms with Crippen molar-refractivity contribution >= 4 is 5.78 Å². The van der Waals surface area contributed by atoms with E-state index in [2.05, 4.69) is 18.8 Å². The Morgan fingerprint density at radius 2 is 1.80 bits per heavy atom. The van der Waals surface area contributed by atoms with E-state index in [4.69, 9.17) is 14.2 Å². The predicted molar refractivity (Wildman–Crippen MR) is 166 cm³/mol. The van der Waals surface area contributed by atoms with Gasteiger partial charge in [0.1, 0.15) is 12.2 Å². The fraction of sp³-hybridized carbons (Fsp3) is 0.861. The molecule has 1 saturated heterocycles. The summed E-state index contributed by atoms with van der Waals surface area (Å²) < 4.78 is 17.5. The molecular formula is C36H54O9. The standard InChI is InChI=1S/C36H54O9/c1-20-23(19-37)31-32(40)35(4,41)29-11-13-36(42)25-18-28(39)26-17-22(44-15-7-14-43-5)10-12-33(26,2)24(25)16-21(34(29,36)3)8-6-9-27(38)30(20)45-31/h18,20-24,26-27,29-32,37-38,40-42H,7-8,10-17,19H2,1-5H3/t20-,21-,22+,23-,24+,26+,27+,29+,30+,31+,32-,33-,34-,35+,36-/m1/s1. The number of hydrogen-bond acceptors (Lipinski definition) is 9. The summed E-state index contributed by atoms with van der Waals surface area (Å²) in [7, 11) is 1.68. The molecule has 0 aromatic rings. The van der Waals surface area contributed by atoms with Crippen LogP contribution in [-0.4, -0.2) is 100.0 Å². The van der Waals surface area contributed by atoms with Crippen molar-refractivity contribution in [3.63, 3.8) is 0 Å². The van der Waals surface area contributed by atoms with Crippen molar-refractivity contribution in [1.29, 1.82) is 0 Å². The van der Waals surface area contributed by atoms with Gasteiger partial charge in [-0.15, -0.1) is 5.92 Å². The minimum absolute atomic E-state index is 0.0136. The lowest BCUT2D eigenvalue weighted by molar-refractivity contribution is -0.213. The number of rotatable bonds is 6. The van der Waals surface area contributed by atoms with E-state index in [9.17, 15) is 30.3 Å². The van der Waals surface area contributed by atoms with Crippen LogP contribution in [0.3, 0.4) is 0 Å². The van der Waals surface area contributed by atoms with E-state index < -0.39 is 52.9 Å². The Kier molecular flexibility index (Phi) is 8.92. The zero-order valence-corrected chi connectivity index (χ0v) is 27.6. The number of methoxy groups -OCH3 is 1. The van der Waals surface area contributed by atoms with Crippen LogP contribution in [0.2, 0.25) is 0 Å².